The number of amides is 1. The lowest BCUT2D eigenvalue weighted by Crippen LogP contribution is -2.22. The largest absolute Gasteiger partial charge is 0.372 e. The molecule has 7 nitrogen and oxygen atoms in total. The summed E-state index contributed by atoms with van der Waals surface area (Å²) in [5, 5.41) is 12.5. The Morgan fingerprint density at radius 2 is 1.71 bits per heavy atom. The number of aliphatic imine (C=N–C) groups is 1. The van der Waals surface area contributed by atoms with E-state index in [1.165, 1.54) is 6.92 Å². The fourth-order valence-electron chi connectivity index (χ4n) is 4.03. The van der Waals surface area contributed by atoms with Gasteiger partial charge in [0.1, 0.15) is 0 Å². The molecular formula is C27H24N6O. The van der Waals surface area contributed by atoms with E-state index in [1.807, 2.05) is 42.5 Å². The smallest absolute Gasteiger partial charge is 0.271 e. The second-order valence-corrected chi connectivity index (χ2v) is 7.58. The lowest BCUT2D eigenvalue weighted by Gasteiger charge is -2.22. The second kappa shape index (κ2) is 10.3. The van der Waals surface area contributed by atoms with Crippen LogP contribution < -0.4 is 10.2 Å². The molecule has 0 atom stereocenters. The Balaban J connectivity index is 2.37. The molecule has 2 aromatic rings. The van der Waals surface area contributed by atoms with Crippen LogP contribution in [-0.4, -0.2) is 24.7 Å². The molecule has 0 unspecified atom stereocenters. The Hall–Kier alpha value is -4.67. The van der Waals surface area contributed by atoms with Crippen molar-refractivity contribution in [1.82, 2.24) is 0 Å². The number of hydrogen-bond donors (Lipinski definition) is 1. The highest BCUT2D eigenvalue weighted by atomic mass is 16.1. The zero-order valence-electron chi connectivity index (χ0n) is 19.6. The van der Waals surface area contributed by atoms with Crippen LogP contribution in [0, 0.1) is 24.5 Å². The number of rotatable bonds is 5. The molecule has 0 aromatic heterocycles. The summed E-state index contributed by atoms with van der Waals surface area (Å²) in [6.45, 7) is 24.0. The first-order chi connectivity index (χ1) is 16.4. The van der Waals surface area contributed by atoms with Gasteiger partial charge in [0, 0.05) is 36.8 Å². The number of carbonyl (C=O) groups is 1. The van der Waals surface area contributed by atoms with E-state index in [1.54, 1.807) is 13.0 Å². The van der Waals surface area contributed by atoms with Gasteiger partial charge in [-0.3, -0.25) is 4.79 Å². The summed E-state index contributed by atoms with van der Waals surface area (Å²) in [7, 11) is 0. The van der Waals surface area contributed by atoms with Gasteiger partial charge >= 0.3 is 0 Å². The van der Waals surface area contributed by atoms with Gasteiger partial charge < -0.3 is 10.2 Å². The molecule has 0 fully saturated rings. The lowest BCUT2D eigenvalue weighted by atomic mass is 10.0. The van der Waals surface area contributed by atoms with Crippen molar-refractivity contribution in [2.75, 3.05) is 23.3 Å². The van der Waals surface area contributed by atoms with Crippen molar-refractivity contribution in [3.8, 4) is 6.07 Å². The van der Waals surface area contributed by atoms with Crippen LogP contribution in [-0.2, 0) is 4.79 Å². The van der Waals surface area contributed by atoms with Crippen molar-refractivity contribution in [2.45, 2.75) is 27.7 Å². The number of anilines is 2. The van der Waals surface area contributed by atoms with E-state index in [-0.39, 0.29) is 11.6 Å². The first-order valence-electron chi connectivity index (χ1n) is 10.9. The topological polar surface area (TPSA) is 77.2 Å². The van der Waals surface area contributed by atoms with Gasteiger partial charge in [-0.1, -0.05) is 24.3 Å². The molecule has 3 rings (SSSR count). The summed E-state index contributed by atoms with van der Waals surface area (Å²) in [6.07, 6.45) is 0. The van der Waals surface area contributed by atoms with Gasteiger partial charge in [0.2, 0.25) is 5.91 Å². The molecule has 7 heteroatoms. The van der Waals surface area contributed by atoms with Crippen LogP contribution in [0.5, 0.6) is 0 Å². The molecule has 0 saturated carbocycles. The molecule has 0 spiro atoms. The number of nitrogens with zero attached hydrogens (tertiary/aromatic N) is 5. The van der Waals surface area contributed by atoms with Crippen molar-refractivity contribution in [3.05, 3.63) is 87.8 Å². The highest BCUT2D eigenvalue weighted by molar-refractivity contribution is 6.51. The first-order valence-corrected chi connectivity index (χ1v) is 10.9. The Kier molecular flexibility index (Phi) is 7.26. The first kappa shape index (κ1) is 24.0. The fourth-order valence-corrected chi connectivity index (χ4v) is 4.03. The molecule has 34 heavy (non-hydrogen) atoms. The predicted octanol–water partition coefficient (Wildman–Crippen LogP) is 6.08. The lowest BCUT2D eigenvalue weighted by molar-refractivity contribution is -0.114. The van der Waals surface area contributed by atoms with Gasteiger partial charge in [0.15, 0.2) is 5.70 Å². The molecule has 0 saturated heterocycles. The van der Waals surface area contributed by atoms with E-state index in [0.717, 1.165) is 24.3 Å². The summed E-state index contributed by atoms with van der Waals surface area (Å²) in [5.74, 6) is -0.240. The molecule has 0 heterocycles. The van der Waals surface area contributed by atoms with Crippen molar-refractivity contribution in [3.63, 3.8) is 0 Å². The third kappa shape index (κ3) is 4.44. The Labute approximate surface area is 200 Å². The normalized spacial score (nSPS) is 16.1. The molecule has 1 N–H and O–H groups in total. The molecule has 1 aliphatic rings. The van der Waals surface area contributed by atoms with Crippen molar-refractivity contribution < 1.29 is 4.79 Å². The Bertz CT molecular complexity index is 1360. The average molecular weight is 449 g/mol. The number of hydrogen-bond acceptors (Lipinski definition) is 4. The van der Waals surface area contributed by atoms with Gasteiger partial charge in [0.05, 0.1) is 36.3 Å². The summed E-state index contributed by atoms with van der Waals surface area (Å²) in [6, 6.07) is 14.9. The third-order valence-electron chi connectivity index (χ3n) is 5.58. The number of allylic oxidation sites excluding steroid dienone is 4. The molecule has 0 aliphatic heterocycles. The Morgan fingerprint density at radius 1 is 1.06 bits per heavy atom. The summed E-state index contributed by atoms with van der Waals surface area (Å²) in [4.78, 5) is 26.0. The van der Waals surface area contributed by atoms with Gasteiger partial charge in [-0.05, 0) is 50.1 Å². The van der Waals surface area contributed by atoms with Crippen LogP contribution in [0.2, 0.25) is 0 Å². The minimum absolute atomic E-state index is 0.0974. The van der Waals surface area contributed by atoms with Gasteiger partial charge in [-0.2, -0.15) is 0 Å². The van der Waals surface area contributed by atoms with E-state index in [2.05, 4.69) is 33.8 Å². The summed E-state index contributed by atoms with van der Waals surface area (Å²) >= 11 is 0. The highest BCUT2D eigenvalue weighted by Crippen LogP contribution is 2.44. The number of fused-ring (bicyclic) bond motifs is 1. The molecule has 2 aromatic carbocycles. The van der Waals surface area contributed by atoms with Crippen LogP contribution in [0.4, 0.5) is 17.1 Å². The van der Waals surface area contributed by atoms with Crippen molar-refractivity contribution in [1.29, 1.82) is 5.26 Å². The highest BCUT2D eigenvalue weighted by Gasteiger charge is 2.32. The summed E-state index contributed by atoms with van der Waals surface area (Å²) < 4.78 is 0. The zero-order valence-corrected chi connectivity index (χ0v) is 19.6. The number of benzene rings is 2. The number of nitrogens with one attached hydrogen (secondary N) is 1. The quantitative estimate of drug-likeness (QED) is 0.445. The number of carbonyl (C=O) groups excluding carboxylic acids is 1. The number of nitriles is 1. The van der Waals surface area contributed by atoms with Crippen LogP contribution in [0.15, 0.2) is 58.9 Å². The zero-order chi connectivity index (χ0) is 24.8. The minimum atomic E-state index is -0.240. The van der Waals surface area contributed by atoms with E-state index >= 15 is 0 Å². The minimum Gasteiger partial charge on any atom is -0.372 e. The van der Waals surface area contributed by atoms with Crippen LogP contribution >= 0.6 is 0 Å². The third-order valence-corrected chi connectivity index (χ3v) is 5.58. The van der Waals surface area contributed by atoms with Crippen molar-refractivity contribution in [2.24, 2.45) is 4.99 Å². The maximum atomic E-state index is 12.0. The molecule has 1 aliphatic carbocycles. The molecule has 0 bridgehead atoms. The van der Waals surface area contributed by atoms with Crippen molar-refractivity contribution >= 4 is 39.8 Å². The van der Waals surface area contributed by atoms with E-state index in [4.69, 9.17) is 18.1 Å². The monoisotopic (exact) mass is 448 g/mol. The van der Waals surface area contributed by atoms with E-state index in [0.29, 0.717) is 39.5 Å². The SMILES string of the molecule is [C-]#[N+]C(C)=C1C(=Nc2ccc(N(CC)CC)cc2NC(C)=O)C(=C(C#N)[N+]#[C-])c2ccccc21. The molecule has 1 amide bonds. The Morgan fingerprint density at radius 3 is 2.24 bits per heavy atom. The van der Waals surface area contributed by atoms with Gasteiger partial charge in [-0.15, -0.1) is 0 Å². The second-order valence-electron chi connectivity index (χ2n) is 7.58. The average Bonchev–Trinajstić information content (AvgIpc) is 3.15. The van der Waals surface area contributed by atoms with E-state index < -0.39 is 0 Å². The molecule has 168 valence electrons. The molecular weight excluding hydrogens is 424 g/mol. The summed E-state index contributed by atoms with van der Waals surface area (Å²) in [5.41, 5.74) is 5.04. The van der Waals surface area contributed by atoms with Gasteiger partial charge in [-0.25, -0.2) is 19.9 Å². The van der Waals surface area contributed by atoms with E-state index in [9.17, 15) is 10.1 Å². The maximum Gasteiger partial charge on any atom is 0.271 e. The van der Waals surface area contributed by atoms with Crippen LogP contribution in [0.1, 0.15) is 38.8 Å². The fraction of sp³-hybridized carbons (Fsp3) is 0.222. The van der Waals surface area contributed by atoms with Gasteiger partial charge in [0.25, 0.3) is 5.70 Å². The van der Waals surface area contributed by atoms with Crippen LogP contribution in [0.25, 0.3) is 20.8 Å². The van der Waals surface area contributed by atoms with Crippen LogP contribution in [0.3, 0.4) is 0 Å². The standard InChI is InChI=1S/C27H24N6O/c1-7-33(8-2)19-13-14-22(23(15-19)31-18(4)34)32-27-25(17(3)29-5)20-11-9-10-12-21(20)26(27)24(16-28)30-6/h9-15H,7-8H2,1-4H3,(H,31,34). The molecule has 0 radical (unpaired) electrons. The predicted molar refractivity (Wildman–Crippen MR) is 136 cm³/mol. The maximum absolute atomic E-state index is 12.0.